The molecule has 0 aliphatic rings. The summed E-state index contributed by atoms with van der Waals surface area (Å²) in [5.41, 5.74) is 0.727. The Kier molecular flexibility index (Phi) is 7.42. The molecule has 1 aromatic carbocycles. The minimum absolute atomic E-state index is 0.0553. The van der Waals surface area contributed by atoms with Gasteiger partial charge in [0.25, 0.3) is 5.91 Å². The summed E-state index contributed by atoms with van der Waals surface area (Å²) in [7, 11) is 0. The van der Waals surface area contributed by atoms with E-state index in [9.17, 15) is 4.79 Å². The zero-order valence-electron chi connectivity index (χ0n) is 12.2. The predicted molar refractivity (Wildman–Crippen MR) is 111 cm³/mol. The number of carbonyl (C=O) groups excluding carboxylic acids is 1. The lowest BCUT2D eigenvalue weighted by atomic mass is 10.3. The fourth-order valence-corrected chi connectivity index (χ4v) is 2.80. The van der Waals surface area contributed by atoms with Crippen molar-refractivity contribution in [2.24, 2.45) is 0 Å². The quantitative estimate of drug-likeness (QED) is 0.277. The van der Waals surface area contributed by atoms with Crippen molar-refractivity contribution in [2.75, 3.05) is 5.32 Å². The van der Waals surface area contributed by atoms with Gasteiger partial charge in [0, 0.05) is 10.2 Å². The second kappa shape index (κ2) is 8.92. The molecular formula is C14H10Br2Cl3N3O2S. The molecule has 2 rings (SSSR count). The highest BCUT2D eigenvalue weighted by Crippen LogP contribution is 2.29. The van der Waals surface area contributed by atoms with Crippen molar-refractivity contribution in [1.82, 2.24) is 10.6 Å². The smallest absolute Gasteiger partial charge is 0.288 e. The maximum absolute atomic E-state index is 12.2. The SMILES string of the molecule is O=C(NC(NC(=S)Nc1ccc(Br)cc1)C(Cl)(Cl)Cl)c1ccc(Br)o1. The molecule has 3 N–H and O–H groups in total. The van der Waals surface area contributed by atoms with E-state index < -0.39 is 15.9 Å². The van der Waals surface area contributed by atoms with Gasteiger partial charge in [-0.15, -0.1) is 0 Å². The third-order valence-corrected chi connectivity index (χ3v) is 4.61. The zero-order chi connectivity index (χ0) is 18.6. The average molecular weight is 550 g/mol. The molecule has 0 fully saturated rings. The molecule has 1 heterocycles. The van der Waals surface area contributed by atoms with Crippen molar-refractivity contribution in [3.63, 3.8) is 0 Å². The topological polar surface area (TPSA) is 66.3 Å². The Hall–Kier alpha value is -0.510. The molecule has 0 saturated heterocycles. The van der Waals surface area contributed by atoms with Crippen molar-refractivity contribution in [1.29, 1.82) is 0 Å². The number of rotatable bonds is 4. The van der Waals surface area contributed by atoms with Crippen LogP contribution in [0.3, 0.4) is 0 Å². The van der Waals surface area contributed by atoms with Gasteiger partial charge in [-0.1, -0.05) is 50.7 Å². The van der Waals surface area contributed by atoms with Crippen LogP contribution in [-0.4, -0.2) is 21.0 Å². The third kappa shape index (κ3) is 6.62. The van der Waals surface area contributed by atoms with E-state index in [1.165, 1.54) is 6.07 Å². The predicted octanol–water partition coefficient (Wildman–Crippen LogP) is 5.22. The van der Waals surface area contributed by atoms with Crippen molar-refractivity contribution >= 4 is 95.6 Å². The molecule has 11 heteroatoms. The zero-order valence-corrected chi connectivity index (χ0v) is 18.4. The van der Waals surface area contributed by atoms with Crippen LogP contribution in [0, 0.1) is 0 Å². The Morgan fingerprint density at radius 1 is 1.08 bits per heavy atom. The largest absolute Gasteiger partial charge is 0.444 e. The summed E-state index contributed by atoms with van der Waals surface area (Å²) in [6, 6.07) is 10.4. The molecule has 1 aromatic heterocycles. The molecule has 134 valence electrons. The number of halogens is 5. The first-order chi connectivity index (χ1) is 11.6. The monoisotopic (exact) mass is 547 g/mol. The van der Waals surface area contributed by atoms with Gasteiger partial charge in [-0.25, -0.2) is 0 Å². The van der Waals surface area contributed by atoms with Crippen LogP contribution < -0.4 is 16.0 Å². The Morgan fingerprint density at radius 3 is 2.24 bits per heavy atom. The van der Waals surface area contributed by atoms with Crippen LogP contribution in [-0.2, 0) is 0 Å². The lowest BCUT2D eigenvalue weighted by Gasteiger charge is -2.27. The fraction of sp³-hybridized carbons (Fsp3) is 0.143. The standard InChI is InChI=1S/C14H10Br2Cl3N3O2S/c15-7-1-3-8(4-2-7)20-13(25)22-12(14(17,18)19)21-11(23)9-5-6-10(16)24-9/h1-6,12H,(H,21,23)(H2,20,22,25). The minimum atomic E-state index is -1.86. The molecular weight excluding hydrogens is 540 g/mol. The number of anilines is 1. The van der Waals surface area contributed by atoms with E-state index in [0.29, 0.717) is 4.67 Å². The molecule has 1 unspecified atom stereocenters. The summed E-state index contributed by atoms with van der Waals surface area (Å²) in [5, 5.41) is 8.37. The van der Waals surface area contributed by atoms with E-state index in [0.717, 1.165) is 10.2 Å². The van der Waals surface area contributed by atoms with Crippen molar-refractivity contribution < 1.29 is 9.21 Å². The van der Waals surface area contributed by atoms with Crippen molar-refractivity contribution in [3.05, 3.63) is 51.3 Å². The summed E-state index contributed by atoms with van der Waals surface area (Å²) in [6.07, 6.45) is -1.09. The van der Waals surface area contributed by atoms with E-state index >= 15 is 0 Å². The second-order valence-corrected chi connectivity index (χ2v) is 9.13. The summed E-state index contributed by atoms with van der Waals surface area (Å²) < 4.78 is 4.64. The fourth-order valence-electron chi connectivity index (χ4n) is 1.67. The van der Waals surface area contributed by atoms with Crippen LogP contribution in [0.2, 0.25) is 0 Å². The van der Waals surface area contributed by atoms with Crippen LogP contribution in [0.15, 0.2) is 50.0 Å². The molecule has 2 aromatic rings. The van der Waals surface area contributed by atoms with Crippen LogP contribution in [0.25, 0.3) is 0 Å². The highest BCUT2D eigenvalue weighted by molar-refractivity contribution is 9.10. The Morgan fingerprint density at radius 2 is 1.72 bits per heavy atom. The molecule has 0 radical (unpaired) electrons. The number of benzene rings is 1. The molecule has 1 amide bonds. The molecule has 5 nitrogen and oxygen atoms in total. The number of furan rings is 1. The summed E-state index contributed by atoms with van der Waals surface area (Å²) in [5.74, 6) is -0.513. The molecule has 0 spiro atoms. The third-order valence-electron chi connectivity index (χ3n) is 2.78. The number of nitrogens with one attached hydrogen (secondary N) is 3. The van der Waals surface area contributed by atoms with Crippen LogP contribution in [0.5, 0.6) is 0 Å². The molecule has 0 saturated carbocycles. The van der Waals surface area contributed by atoms with Crippen molar-refractivity contribution in [2.45, 2.75) is 9.96 Å². The van der Waals surface area contributed by atoms with Crippen LogP contribution in [0.4, 0.5) is 5.69 Å². The van der Waals surface area contributed by atoms with Gasteiger partial charge in [-0.2, -0.15) is 0 Å². The van der Waals surface area contributed by atoms with Gasteiger partial charge >= 0.3 is 0 Å². The average Bonchev–Trinajstić information content (AvgIpc) is 2.94. The van der Waals surface area contributed by atoms with E-state index in [2.05, 4.69) is 47.8 Å². The number of amides is 1. The first-order valence-corrected chi connectivity index (χ1v) is 9.74. The molecule has 0 bridgehead atoms. The van der Waals surface area contributed by atoms with E-state index in [1.54, 1.807) is 18.2 Å². The first-order valence-electron chi connectivity index (χ1n) is 6.61. The molecule has 25 heavy (non-hydrogen) atoms. The number of carbonyl (C=O) groups is 1. The van der Waals surface area contributed by atoms with Gasteiger partial charge in [0.05, 0.1) is 0 Å². The number of hydrogen-bond donors (Lipinski definition) is 3. The summed E-state index contributed by atoms with van der Waals surface area (Å²) in [4.78, 5) is 12.2. The van der Waals surface area contributed by atoms with Gasteiger partial charge < -0.3 is 20.4 Å². The van der Waals surface area contributed by atoms with Crippen LogP contribution in [0.1, 0.15) is 10.6 Å². The van der Waals surface area contributed by atoms with E-state index in [-0.39, 0.29) is 10.9 Å². The Balaban J connectivity index is 2.03. The number of hydrogen-bond acceptors (Lipinski definition) is 3. The van der Waals surface area contributed by atoms with Crippen molar-refractivity contribution in [3.8, 4) is 0 Å². The summed E-state index contributed by atoms with van der Waals surface area (Å²) in [6.45, 7) is 0. The normalized spacial score (nSPS) is 12.4. The molecule has 0 aliphatic carbocycles. The van der Waals surface area contributed by atoms with Crippen LogP contribution >= 0.6 is 78.9 Å². The lowest BCUT2D eigenvalue weighted by molar-refractivity contribution is 0.0905. The van der Waals surface area contributed by atoms with E-state index in [4.69, 9.17) is 51.4 Å². The van der Waals surface area contributed by atoms with Gasteiger partial charge in [0.1, 0.15) is 6.17 Å². The van der Waals surface area contributed by atoms with Gasteiger partial charge in [-0.05, 0) is 64.5 Å². The summed E-state index contributed by atoms with van der Waals surface area (Å²) >= 11 is 29.4. The maximum atomic E-state index is 12.2. The number of alkyl halides is 3. The lowest BCUT2D eigenvalue weighted by Crippen LogP contribution is -2.56. The minimum Gasteiger partial charge on any atom is -0.444 e. The Bertz CT molecular complexity index is 765. The molecule has 0 aliphatic heterocycles. The first kappa shape index (κ1) is 20.8. The van der Waals surface area contributed by atoms with Gasteiger partial charge in [0.2, 0.25) is 3.79 Å². The number of thiocarbonyl (C=S) groups is 1. The van der Waals surface area contributed by atoms with Gasteiger partial charge in [0.15, 0.2) is 15.5 Å². The second-order valence-electron chi connectivity index (χ2n) is 4.66. The molecule has 1 atom stereocenters. The van der Waals surface area contributed by atoms with Gasteiger partial charge in [-0.3, -0.25) is 4.79 Å². The highest BCUT2D eigenvalue weighted by Gasteiger charge is 2.35. The maximum Gasteiger partial charge on any atom is 0.288 e. The van der Waals surface area contributed by atoms with E-state index in [1.807, 2.05) is 12.1 Å². The highest BCUT2D eigenvalue weighted by atomic mass is 79.9. The Labute approximate surface area is 181 Å².